The molecule has 1 aromatic heterocycles. The highest BCUT2D eigenvalue weighted by molar-refractivity contribution is 7.18. The first-order valence-electron chi connectivity index (χ1n) is 7.55. The Morgan fingerprint density at radius 1 is 1.19 bits per heavy atom. The van der Waals surface area contributed by atoms with Gasteiger partial charge in [0.05, 0.1) is 7.11 Å². The third-order valence-corrected chi connectivity index (χ3v) is 4.83. The number of benzene rings is 1. The normalized spacial score (nSPS) is 10.7. The van der Waals surface area contributed by atoms with Crippen LogP contribution in [-0.4, -0.2) is 46.9 Å². The van der Waals surface area contributed by atoms with Gasteiger partial charge in [0.25, 0.3) is 0 Å². The van der Waals surface area contributed by atoms with E-state index in [1.54, 1.807) is 25.1 Å². The zero-order valence-corrected chi connectivity index (χ0v) is 15.2. The highest BCUT2D eigenvalue weighted by Gasteiger charge is 2.23. The summed E-state index contributed by atoms with van der Waals surface area (Å²) in [7, 11) is 1.45. The van der Waals surface area contributed by atoms with E-state index in [0.29, 0.717) is 27.3 Å². The molecule has 0 unspecified atom stereocenters. The predicted octanol–water partition coefficient (Wildman–Crippen LogP) is 2.99. The number of hydrogen-bond donors (Lipinski definition) is 3. The molecule has 0 aliphatic heterocycles. The molecule has 0 saturated heterocycles. The van der Waals surface area contributed by atoms with E-state index in [4.69, 9.17) is 19.7 Å². The van der Waals surface area contributed by atoms with Crippen molar-refractivity contribution in [2.75, 3.05) is 13.7 Å². The van der Waals surface area contributed by atoms with Crippen LogP contribution in [0.2, 0.25) is 0 Å². The number of carbonyl (C=O) groups is 3. The molecule has 0 aliphatic rings. The van der Waals surface area contributed by atoms with Crippen molar-refractivity contribution < 1.29 is 39.2 Å². The second-order valence-corrected chi connectivity index (χ2v) is 6.35. The van der Waals surface area contributed by atoms with Gasteiger partial charge < -0.3 is 24.8 Å². The number of aliphatic carboxylic acids is 2. The Kier molecular flexibility index (Phi) is 6.19. The van der Waals surface area contributed by atoms with Crippen molar-refractivity contribution in [2.45, 2.75) is 6.92 Å². The zero-order valence-electron chi connectivity index (χ0n) is 14.4. The molecule has 0 bridgehead atoms. The van der Waals surface area contributed by atoms with Gasteiger partial charge in [0, 0.05) is 22.1 Å². The summed E-state index contributed by atoms with van der Waals surface area (Å²) in [6.45, 7) is 0.971. The maximum atomic E-state index is 11.5. The van der Waals surface area contributed by atoms with Gasteiger partial charge in [0.15, 0.2) is 11.5 Å². The lowest BCUT2D eigenvalue weighted by Crippen LogP contribution is -2.11. The number of ether oxygens (including phenoxy) is 2. The maximum Gasteiger partial charge on any atom is 0.349 e. The lowest BCUT2D eigenvalue weighted by molar-refractivity contribution is -0.139. The number of carboxylic acids is 3. The van der Waals surface area contributed by atoms with E-state index in [2.05, 4.69) is 0 Å². The molecule has 9 heteroatoms. The average Bonchev–Trinajstić information content (AvgIpc) is 2.94. The summed E-state index contributed by atoms with van der Waals surface area (Å²) in [5.41, 5.74) is 1.60. The summed E-state index contributed by atoms with van der Waals surface area (Å²) in [6, 6.07) is 4.99. The van der Waals surface area contributed by atoms with Crippen LogP contribution in [0.5, 0.6) is 11.5 Å². The highest BCUT2D eigenvalue weighted by Crippen LogP contribution is 2.42. The van der Waals surface area contributed by atoms with Gasteiger partial charge in [-0.3, -0.25) is 0 Å². The van der Waals surface area contributed by atoms with Gasteiger partial charge in [-0.2, -0.15) is 0 Å². The summed E-state index contributed by atoms with van der Waals surface area (Å²) in [4.78, 5) is 33.5. The number of hydrogen-bond acceptors (Lipinski definition) is 6. The fourth-order valence-corrected chi connectivity index (χ4v) is 3.48. The zero-order chi connectivity index (χ0) is 20.1. The van der Waals surface area contributed by atoms with Crippen molar-refractivity contribution in [2.24, 2.45) is 0 Å². The lowest BCUT2D eigenvalue weighted by atomic mass is 10.0. The molecule has 0 saturated carbocycles. The first kappa shape index (κ1) is 20.0. The minimum Gasteiger partial charge on any atom is -0.496 e. The SMILES string of the molecule is COc1ccc(-c2sc(C(=O)O)c(OCC(=O)O)c2C)cc1/C=C/C(=O)O. The Morgan fingerprint density at radius 2 is 1.89 bits per heavy atom. The van der Waals surface area contributed by atoms with Crippen LogP contribution >= 0.6 is 11.3 Å². The topological polar surface area (TPSA) is 130 Å². The van der Waals surface area contributed by atoms with Gasteiger partial charge in [-0.15, -0.1) is 11.3 Å². The van der Waals surface area contributed by atoms with Crippen LogP contribution in [0.25, 0.3) is 16.5 Å². The van der Waals surface area contributed by atoms with Crippen molar-refractivity contribution in [1.29, 1.82) is 0 Å². The van der Waals surface area contributed by atoms with E-state index in [1.807, 2.05) is 0 Å². The molecule has 1 aromatic carbocycles. The summed E-state index contributed by atoms with van der Waals surface area (Å²) in [6.07, 6.45) is 2.33. The molecule has 2 rings (SSSR count). The molecule has 0 fully saturated rings. The number of rotatable bonds is 8. The molecule has 27 heavy (non-hydrogen) atoms. The van der Waals surface area contributed by atoms with Crippen LogP contribution in [0.15, 0.2) is 24.3 Å². The molecule has 1 heterocycles. The first-order valence-corrected chi connectivity index (χ1v) is 8.37. The minimum atomic E-state index is -1.23. The van der Waals surface area contributed by atoms with Gasteiger partial charge in [0.1, 0.15) is 11.5 Å². The van der Waals surface area contributed by atoms with Crippen molar-refractivity contribution in [3.8, 4) is 21.9 Å². The van der Waals surface area contributed by atoms with E-state index in [9.17, 15) is 19.5 Å². The predicted molar refractivity (Wildman–Crippen MR) is 97.8 cm³/mol. The van der Waals surface area contributed by atoms with Crippen LogP contribution in [0.3, 0.4) is 0 Å². The average molecular weight is 392 g/mol. The van der Waals surface area contributed by atoms with Gasteiger partial charge in [-0.1, -0.05) is 0 Å². The van der Waals surface area contributed by atoms with Gasteiger partial charge in [-0.25, -0.2) is 14.4 Å². The van der Waals surface area contributed by atoms with Crippen LogP contribution in [-0.2, 0) is 9.59 Å². The fourth-order valence-electron chi connectivity index (χ4n) is 2.39. The second-order valence-electron chi connectivity index (χ2n) is 5.33. The Balaban J connectivity index is 2.55. The second kappa shape index (κ2) is 8.37. The first-order chi connectivity index (χ1) is 12.7. The van der Waals surface area contributed by atoms with Crippen molar-refractivity contribution in [3.63, 3.8) is 0 Å². The molecule has 3 N–H and O–H groups in total. The van der Waals surface area contributed by atoms with Crippen LogP contribution in [0.4, 0.5) is 0 Å². The third-order valence-electron chi connectivity index (χ3n) is 3.52. The van der Waals surface area contributed by atoms with Crippen molar-refractivity contribution in [3.05, 3.63) is 40.3 Å². The Morgan fingerprint density at radius 3 is 2.44 bits per heavy atom. The van der Waals surface area contributed by atoms with Gasteiger partial charge in [0.2, 0.25) is 0 Å². The molecule has 8 nitrogen and oxygen atoms in total. The third kappa shape index (κ3) is 4.64. The van der Waals surface area contributed by atoms with Gasteiger partial charge >= 0.3 is 17.9 Å². The number of aromatic carboxylic acids is 1. The van der Waals surface area contributed by atoms with Crippen molar-refractivity contribution >= 4 is 35.3 Å². The van der Waals surface area contributed by atoms with Gasteiger partial charge in [-0.05, 0) is 36.8 Å². The van der Waals surface area contributed by atoms with Crippen LogP contribution in [0, 0.1) is 6.92 Å². The summed E-state index contributed by atoms with van der Waals surface area (Å²) < 4.78 is 10.4. The van der Waals surface area contributed by atoms with Crippen molar-refractivity contribution in [1.82, 2.24) is 0 Å². The summed E-state index contributed by atoms with van der Waals surface area (Å²) in [5, 5.41) is 27.0. The molecule has 0 radical (unpaired) electrons. The number of thiophene rings is 1. The Labute approximate surface area is 157 Å². The van der Waals surface area contributed by atoms with E-state index < -0.39 is 24.5 Å². The van der Waals surface area contributed by atoms with E-state index in [-0.39, 0.29) is 10.6 Å². The smallest absolute Gasteiger partial charge is 0.349 e. The number of methoxy groups -OCH3 is 1. The Bertz CT molecular complexity index is 926. The minimum absolute atomic E-state index is 0.00310. The van der Waals surface area contributed by atoms with Crippen LogP contribution in [0.1, 0.15) is 20.8 Å². The number of carboxylic acid groups (broad SMARTS) is 3. The molecule has 2 aromatic rings. The summed E-state index contributed by atoms with van der Waals surface area (Å²) >= 11 is 0.947. The van der Waals surface area contributed by atoms with E-state index in [1.165, 1.54) is 13.2 Å². The molecule has 142 valence electrons. The molecule has 0 spiro atoms. The van der Waals surface area contributed by atoms with E-state index in [0.717, 1.165) is 17.4 Å². The van der Waals surface area contributed by atoms with Crippen LogP contribution < -0.4 is 9.47 Å². The molecule has 0 atom stereocenters. The molecule has 0 amide bonds. The molecular formula is C18H16O8S. The fraction of sp³-hybridized carbons (Fsp3) is 0.167. The maximum absolute atomic E-state index is 11.5. The van der Waals surface area contributed by atoms with E-state index >= 15 is 0 Å². The highest BCUT2D eigenvalue weighted by atomic mass is 32.1. The monoisotopic (exact) mass is 392 g/mol. The quantitative estimate of drug-likeness (QED) is 0.585. The Hall–Kier alpha value is -3.33. The standard InChI is InChI=1S/C18H16O8S/c1-9-15(26-8-14(21)22)17(18(23)24)27-16(9)11-3-5-12(25-2)10(7-11)4-6-13(19)20/h3-7H,8H2,1-2H3,(H,19,20)(H,21,22)(H,23,24)/b6-4+. The molecule has 0 aliphatic carbocycles. The molecular weight excluding hydrogens is 376 g/mol. The largest absolute Gasteiger partial charge is 0.496 e. The lowest BCUT2D eigenvalue weighted by Gasteiger charge is -2.08. The summed E-state index contributed by atoms with van der Waals surface area (Å²) in [5.74, 6) is -3.11.